The van der Waals surface area contributed by atoms with Crippen molar-refractivity contribution in [3.63, 3.8) is 0 Å². The van der Waals surface area contributed by atoms with Gasteiger partial charge in [-0.2, -0.15) is 0 Å². The Morgan fingerprint density at radius 1 is 1.38 bits per heavy atom. The summed E-state index contributed by atoms with van der Waals surface area (Å²) < 4.78 is 14.0. The van der Waals surface area contributed by atoms with Crippen LogP contribution >= 0.6 is 27.3 Å². The van der Waals surface area contributed by atoms with Gasteiger partial charge < -0.3 is 0 Å². The Bertz CT molecular complexity index is 507. The number of thiazole rings is 1. The molecule has 0 fully saturated rings. The molecule has 0 unspecified atom stereocenters. The van der Waals surface area contributed by atoms with Gasteiger partial charge in [-0.25, -0.2) is 9.37 Å². The molecule has 1 nitrogen and oxygen atoms in total. The average molecular weight is 300 g/mol. The van der Waals surface area contributed by atoms with Crippen molar-refractivity contribution < 1.29 is 4.39 Å². The summed E-state index contributed by atoms with van der Waals surface area (Å²) in [7, 11) is 0. The molecule has 0 aliphatic rings. The number of aromatic nitrogens is 1. The first-order valence-corrected chi connectivity index (χ1v) is 6.66. The van der Waals surface area contributed by atoms with Gasteiger partial charge in [-0.3, -0.25) is 0 Å². The van der Waals surface area contributed by atoms with Gasteiger partial charge in [0, 0.05) is 15.4 Å². The molecule has 16 heavy (non-hydrogen) atoms. The Balaban J connectivity index is 2.46. The highest BCUT2D eigenvalue weighted by Crippen LogP contribution is 2.32. The van der Waals surface area contributed by atoms with E-state index in [1.54, 1.807) is 17.4 Å². The van der Waals surface area contributed by atoms with Gasteiger partial charge in [-0.05, 0) is 24.1 Å². The summed E-state index contributed by atoms with van der Waals surface area (Å²) in [5.74, 6) is 0.164. The molecular weight excluding hydrogens is 289 g/mol. The van der Waals surface area contributed by atoms with E-state index in [9.17, 15) is 4.39 Å². The van der Waals surface area contributed by atoms with Crippen molar-refractivity contribution in [3.05, 3.63) is 39.6 Å². The summed E-state index contributed by atoms with van der Waals surface area (Å²) in [6, 6.07) is 4.65. The van der Waals surface area contributed by atoms with Crippen LogP contribution in [0, 0.1) is 5.82 Å². The number of nitrogens with zero attached hydrogens (tertiary/aromatic N) is 1. The lowest BCUT2D eigenvalue weighted by molar-refractivity contribution is 0.628. The molecule has 0 bridgehead atoms. The predicted molar refractivity (Wildman–Crippen MR) is 69.3 cm³/mol. The highest BCUT2D eigenvalue weighted by atomic mass is 79.9. The van der Waals surface area contributed by atoms with E-state index in [1.807, 2.05) is 5.38 Å². The fourth-order valence-corrected chi connectivity index (χ4v) is 2.91. The predicted octanol–water partition coefficient (Wildman–Crippen LogP) is 4.84. The Morgan fingerprint density at radius 2 is 2.12 bits per heavy atom. The first-order chi connectivity index (χ1) is 7.58. The van der Waals surface area contributed by atoms with Crippen LogP contribution in [-0.4, -0.2) is 4.98 Å². The van der Waals surface area contributed by atoms with E-state index in [0.717, 1.165) is 20.7 Å². The third-order valence-corrected chi connectivity index (χ3v) is 3.86. The maximum absolute atomic E-state index is 13.2. The summed E-state index contributed by atoms with van der Waals surface area (Å²) in [4.78, 5) is 4.50. The zero-order chi connectivity index (χ0) is 11.7. The SMILES string of the molecule is CC(C)c1csc(-c2cc(F)ccc2Br)n1. The van der Waals surface area contributed by atoms with E-state index in [0.29, 0.717) is 5.92 Å². The van der Waals surface area contributed by atoms with E-state index >= 15 is 0 Å². The molecule has 0 radical (unpaired) electrons. The van der Waals surface area contributed by atoms with Crippen molar-refractivity contribution in [2.45, 2.75) is 19.8 Å². The molecule has 0 atom stereocenters. The molecule has 4 heteroatoms. The maximum atomic E-state index is 13.2. The van der Waals surface area contributed by atoms with Crippen LogP contribution in [0.4, 0.5) is 4.39 Å². The summed E-state index contributed by atoms with van der Waals surface area (Å²) in [5, 5.41) is 2.88. The Kier molecular flexibility index (Phi) is 3.40. The van der Waals surface area contributed by atoms with E-state index < -0.39 is 0 Å². The molecule has 0 saturated carbocycles. The second kappa shape index (κ2) is 4.63. The summed E-state index contributed by atoms with van der Waals surface area (Å²) >= 11 is 4.96. The molecular formula is C12H11BrFNS. The van der Waals surface area contributed by atoms with Crippen molar-refractivity contribution in [2.75, 3.05) is 0 Å². The fraction of sp³-hybridized carbons (Fsp3) is 0.250. The first kappa shape index (κ1) is 11.7. The van der Waals surface area contributed by atoms with Crippen LogP contribution in [0.15, 0.2) is 28.1 Å². The second-order valence-electron chi connectivity index (χ2n) is 3.86. The molecule has 1 heterocycles. The third kappa shape index (κ3) is 2.33. The van der Waals surface area contributed by atoms with E-state index in [4.69, 9.17) is 0 Å². The molecule has 1 aromatic heterocycles. The molecule has 2 rings (SSSR count). The quantitative estimate of drug-likeness (QED) is 0.773. The van der Waals surface area contributed by atoms with E-state index in [1.165, 1.54) is 12.1 Å². The van der Waals surface area contributed by atoms with Crippen molar-refractivity contribution in [3.8, 4) is 10.6 Å². The molecule has 0 saturated heterocycles. The standard InChI is InChI=1S/C12H11BrFNS/c1-7(2)11-6-16-12(15-11)9-5-8(14)3-4-10(9)13/h3-7H,1-2H3. The van der Waals surface area contributed by atoms with Crippen molar-refractivity contribution in [1.29, 1.82) is 0 Å². The highest BCUT2D eigenvalue weighted by molar-refractivity contribution is 9.10. The largest absolute Gasteiger partial charge is 0.241 e. The minimum Gasteiger partial charge on any atom is -0.241 e. The zero-order valence-corrected chi connectivity index (χ0v) is 11.4. The Hall–Kier alpha value is -0.740. The highest BCUT2D eigenvalue weighted by Gasteiger charge is 2.10. The lowest BCUT2D eigenvalue weighted by atomic mass is 10.1. The third-order valence-electron chi connectivity index (χ3n) is 2.27. The van der Waals surface area contributed by atoms with Crippen molar-refractivity contribution in [1.82, 2.24) is 4.98 Å². The van der Waals surface area contributed by atoms with Crippen LogP contribution < -0.4 is 0 Å². The normalized spacial score (nSPS) is 11.1. The van der Waals surface area contributed by atoms with Crippen LogP contribution in [0.25, 0.3) is 10.6 Å². The lowest BCUT2D eigenvalue weighted by Gasteiger charge is -2.01. The van der Waals surface area contributed by atoms with Gasteiger partial charge in [0.1, 0.15) is 10.8 Å². The number of hydrogen-bond donors (Lipinski definition) is 0. The summed E-state index contributed by atoms with van der Waals surface area (Å²) in [6.45, 7) is 4.19. The van der Waals surface area contributed by atoms with Gasteiger partial charge in [0.25, 0.3) is 0 Å². The van der Waals surface area contributed by atoms with Gasteiger partial charge in [0.05, 0.1) is 5.69 Å². The van der Waals surface area contributed by atoms with Crippen LogP contribution in [0.3, 0.4) is 0 Å². The molecule has 0 amide bonds. The minimum absolute atomic E-state index is 0.237. The molecule has 1 aromatic carbocycles. The van der Waals surface area contributed by atoms with Crippen molar-refractivity contribution in [2.24, 2.45) is 0 Å². The monoisotopic (exact) mass is 299 g/mol. The number of hydrogen-bond acceptors (Lipinski definition) is 2. The lowest BCUT2D eigenvalue weighted by Crippen LogP contribution is -1.87. The minimum atomic E-state index is -0.237. The maximum Gasteiger partial charge on any atom is 0.124 e. The molecule has 2 aromatic rings. The number of halogens is 2. The van der Waals surface area contributed by atoms with Gasteiger partial charge in [-0.1, -0.05) is 29.8 Å². The smallest absolute Gasteiger partial charge is 0.124 e. The van der Waals surface area contributed by atoms with E-state index in [2.05, 4.69) is 34.8 Å². The summed E-state index contributed by atoms with van der Waals surface area (Å²) in [5.41, 5.74) is 1.87. The second-order valence-corrected chi connectivity index (χ2v) is 5.57. The number of rotatable bonds is 2. The van der Waals surface area contributed by atoms with Crippen LogP contribution in [0.1, 0.15) is 25.5 Å². The number of benzene rings is 1. The van der Waals surface area contributed by atoms with Gasteiger partial charge in [0.15, 0.2) is 0 Å². The van der Waals surface area contributed by atoms with Gasteiger partial charge >= 0.3 is 0 Å². The molecule has 0 spiro atoms. The Labute approximate surface area is 106 Å². The van der Waals surface area contributed by atoms with Crippen molar-refractivity contribution >= 4 is 27.3 Å². The summed E-state index contributed by atoms with van der Waals surface area (Å²) in [6.07, 6.45) is 0. The average Bonchev–Trinajstić information content (AvgIpc) is 2.70. The topological polar surface area (TPSA) is 12.9 Å². The van der Waals surface area contributed by atoms with Crippen LogP contribution in [0.5, 0.6) is 0 Å². The first-order valence-electron chi connectivity index (χ1n) is 4.99. The molecule has 84 valence electrons. The zero-order valence-electron chi connectivity index (χ0n) is 9.00. The Morgan fingerprint density at radius 3 is 2.75 bits per heavy atom. The van der Waals surface area contributed by atoms with Gasteiger partial charge in [0.2, 0.25) is 0 Å². The fourth-order valence-electron chi connectivity index (χ4n) is 1.34. The molecule has 0 N–H and O–H groups in total. The van der Waals surface area contributed by atoms with Crippen LogP contribution in [-0.2, 0) is 0 Å². The van der Waals surface area contributed by atoms with E-state index in [-0.39, 0.29) is 5.82 Å². The van der Waals surface area contributed by atoms with Crippen LogP contribution in [0.2, 0.25) is 0 Å². The van der Waals surface area contributed by atoms with Gasteiger partial charge in [-0.15, -0.1) is 11.3 Å². The molecule has 0 aliphatic carbocycles. The molecule has 0 aliphatic heterocycles.